The Labute approximate surface area is 157 Å². The maximum absolute atomic E-state index is 13.2. The fourth-order valence-corrected chi connectivity index (χ4v) is 4.14. The van der Waals surface area contributed by atoms with Gasteiger partial charge in [-0.15, -0.1) is 11.3 Å². The van der Waals surface area contributed by atoms with Gasteiger partial charge < -0.3 is 9.64 Å². The first-order valence-electron chi connectivity index (χ1n) is 8.94. The van der Waals surface area contributed by atoms with Crippen molar-refractivity contribution >= 4 is 21.6 Å². The summed E-state index contributed by atoms with van der Waals surface area (Å²) in [7, 11) is 1.65. The summed E-state index contributed by atoms with van der Waals surface area (Å²) in [4.78, 5) is 21.0. The van der Waals surface area contributed by atoms with Crippen LogP contribution in [0.1, 0.15) is 19.7 Å². The zero-order valence-electron chi connectivity index (χ0n) is 15.8. The second kappa shape index (κ2) is 8.01. The van der Waals surface area contributed by atoms with Crippen molar-refractivity contribution in [2.24, 2.45) is 0 Å². The molecule has 2 aromatic heterocycles. The Hall–Kier alpha value is -2.18. The minimum absolute atomic E-state index is 0.0479. The lowest BCUT2D eigenvalue weighted by atomic mass is 10.1. The molecule has 0 saturated carbocycles. The predicted octanol–water partition coefficient (Wildman–Crippen LogP) is 3.78. The van der Waals surface area contributed by atoms with Gasteiger partial charge in [-0.2, -0.15) is 0 Å². The average Bonchev–Trinajstić information content (AvgIpc) is 3.08. The molecule has 26 heavy (non-hydrogen) atoms. The molecule has 0 aliphatic heterocycles. The summed E-state index contributed by atoms with van der Waals surface area (Å²) in [5, 5.41) is 2.74. The van der Waals surface area contributed by atoms with Crippen LogP contribution in [0.5, 0.6) is 5.75 Å². The number of nitrogens with zero attached hydrogens (tertiary/aromatic N) is 3. The monoisotopic (exact) mass is 371 g/mol. The Kier molecular flexibility index (Phi) is 5.74. The number of hydrogen-bond donors (Lipinski definition) is 0. The summed E-state index contributed by atoms with van der Waals surface area (Å²) >= 11 is 1.52. The highest BCUT2D eigenvalue weighted by Gasteiger charge is 2.16. The molecule has 0 atom stereocenters. The molecular formula is C20H25N3O2S. The van der Waals surface area contributed by atoms with E-state index in [0.717, 1.165) is 47.2 Å². The van der Waals surface area contributed by atoms with E-state index in [4.69, 9.17) is 4.74 Å². The Morgan fingerprint density at radius 2 is 1.88 bits per heavy atom. The second-order valence-corrected chi connectivity index (χ2v) is 7.06. The van der Waals surface area contributed by atoms with Crippen molar-refractivity contribution in [1.29, 1.82) is 0 Å². The first-order chi connectivity index (χ1) is 12.6. The van der Waals surface area contributed by atoms with E-state index in [1.165, 1.54) is 11.3 Å². The third kappa shape index (κ3) is 3.52. The van der Waals surface area contributed by atoms with Crippen LogP contribution in [0.3, 0.4) is 0 Å². The smallest absolute Gasteiger partial charge is 0.262 e. The van der Waals surface area contributed by atoms with Crippen LogP contribution < -0.4 is 10.3 Å². The zero-order chi connectivity index (χ0) is 18.7. The van der Waals surface area contributed by atoms with Crippen LogP contribution >= 0.6 is 11.3 Å². The van der Waals surface area contributed by atoms with Crippen LogP contribution in [-0.2, 0) is 6.54 Å². The number of fused-ring (bicyclic) bond motifs is 1. The summed E-state index contributed by atoms with van der Waals surface area (Å²) in [6, 6.07) is 7.80. The molecular weight excluding hydrogens is 346 g/mol. The number of hydrogen-bond acceptors (Lipinski definition) is 5. The molecule has 0 aliphatic carbocycles. The molecule has 0 N–H and O–H groups in total. The van der Waals surface area contributed by atoms with E-state index >= 15 is 0 Å². The summed E-state index contributed by atoms with van der Waals surface area (Å²) in [5.74, 6) is 1.58. The molecule has 0 bridgehead atoms. The van der Waals surface area contributed by atoms with Crippen molar-refractivity contribution in [2.45, 2.75) is 27.3 Å². The fraction of sp³-hybridized carbons (Fsp3) is 0.400. The molecule has 0 amide bonds. The predicted molar refractivity (Wildman–Crippen MR) is 108 cm³/mol. The van der Waals surface area contributed by atoms with Gasteiger partial charge in [0.05, 0.1) is 12.5 Å². The molecule has 0 fully saturated rings. The Morgan fingerprint density at radius 3 is 2.50 bits per heavy atom. The van der Waals surface area contributed by atoms with E-state index < -0.39 is 0 Å². The number of thiophene rings is 1. The number of aryl methyl sites for hydroxylation is 1. The van der Waals surface area contributed by atoms with Gasteiger partial charge in [0.25, 0.3) is 5.56 Å². The molecule has 0 spiro atoms. The van der Waals surface area contributed by atoms with Crippen LogP contribution in [0.15, 0.2) is 34.4 Å². The fourth-order valence-electron chi connectivity index (χ4n) is 3.15. The van der Waals surface area contributed by atoms with Crippen LogP contribution in [0.4, 0.5) is 0 Å². The van der Waals surface area contributed by atoms with Crippen molar-refractivity contribution in [3.8, 4) is 16.9 Å². The van der Waals surface area contributed by atoms with Gasteiger partial charge in [0, 0.05) is 24.0 Å². The lowest BCUT2D eigenvalue weighted by molar-refractivity contribution is 0.288. The highest BCUT2D eigenvalue weighted by molar-refractivity contribution is 7.17. The van der Waals surface area contributed by atoms with Crippen molar-refractivity contribution in [2.75, 3.05) is 26.7 Å². The SMILES string of the molecule is CCN(CC)CCn1c(C)nc2scc(-c3ccc(OC)cc3)c2c1=O. The number of benzene rings is 1. The minimum atomic E-state index is 0.0479. The lowest BCUT2D eigenvalue weighted by Crippen LogP contribution is -2.32. The van der Waals surface area contributed by atoms with Gasteiger partial charge in [-0.25, -0.2) is 4.98 Å². The molecule has 0 unspecified atom stereocenters. The van der Waals surface area contributed by atoms with Gasteiger partial charge >= 0.3 is 0 Å². The molecule has 0 saturated heterocycles. The van der Waals surface area contributed by atoms with Crippen LogP contribution in [0.25, 0.3) is 21.3 Å². The van der Waals surface area contributed by atoms with Crippen molar-refractivity contribution in [3.05, 3.63) is 45.8 Å². The largest absolute Gasteiger partial charge is 0.497 e. The molecule has 0 aliphatic rings. The van der Waals surface area contributed by atoms with E-state index in [1.54, 1.807) is 11.7 Å². The third-order valence-corrected chi connectivity index (χ3v) is 5.69. The molecule has 6 heteroatoms. The molecule has 5 nitrogen and oxygen atoms in total. The van der Waals surface area contributed by atoms with Crippen molar-refractivity contribution in [1.82, 2.24) is 14.5 Å². The lowest BCUT2D eigenvalue weighted by Gasteiger charge is -2.19. The summed E-state index contributed by atoms with van der Waals surface area (Å²) in [5.41, 5.74) is 2.00. The van der Waals surface area contributed by atoms with Gasteiger partial charge in [0.2, 0.25) is 0 Å². The average molecular weight is 372 g/mol. The quantitative estimate of drug-likeness (QED) is 0.634. The van der Waals surface area contributed by atoms with E-state index in [-0.39, 0.29) is 5.56 Å². The highest BCUT2D eigenvalue weighted by atomic mass is 32.1. The van der Waals surface area contributed by atoms with Crippen LogP contribution in [-0.4, -0.2) is 41.2 Å². The zero-order valence-corrected chi connectivity index (χ0v) is 16.6. The standard InChI is InChI=1S/C20H25N3O2S/c1-5-22(6-2)11-12-23-14(3)21-19-18(20(23)24)17(13-26-19)15-7-9-16(25-4)10-8-15/h7-10,13H,5-6,11-12H2,1-4H3. The number of methoxy groups -OCH3 is 1. The highest BCUT2D eigenvalue weighted by Crippen LogP contribution is 2.31. The molecule has 3 rings (SSSR count). The van der Waals surface area contributed by atoms with E-state index in [2.05, 4.69) is 23.7 Å². The van der Waals surface area contributed by atoms with Crippen LogP contribution in [0, 0.1) is 6.92 Å². The van der Waals surface area contributed by atoms with Gasteiger partial charge in [-0.05, 0) is 37.7 Å². The molecule has 2 heterocycles. The van der Waals surface area contributed by atoms with Gasteiger partial charge in [0.15, 0.2) is 0 Å². The van der Waals surface area contributed by atoms with Gasteiger partial charge in [0.1, 0.15) is 16.4 Å². The summed E-state index contributed by atoms with van der Waals surface area (Å²) in [6.45, 7) is 9.67. The first-order valence-corrected chi connectivity index (χ1v) is 9.82. The summed E-state index contributed by atoms with van der Waals surface area (Å²) < 4.78 is 7.03. The number of likely N-dealkylation sites (N-methyl/N-ethyl adjacent to an activating group) is 1. The van der Waals surface area contributed by atoms with Crippen molar-refractivity contribution in [3.63, 3.8) is 0 Å². The van der Waals surface area contributed by atoms with Gasteiger partial charge in [-0.3, -0.25) is 9.36 Å². The number of ether oxygens (including phenoxy) is 1. The minimum Gasteiger partial charge on any atom is -0.497 e. The Balaban J connectivity index is 2.04. The first kappa shape index (κ1) is 18.6. The molecule has 138 valence electrons. The molecule has 0 radical (unpaired) electrons. The summed E-state index contributed by atoms with van der Waals surface area (Å²) in [6.07, 6.45) is 0. The third-order valence-electron chi connectivity index (χ3n) is 4.82. The maximum atomic E-state index is 13.2. The topological polar surface area (TPSA) is 47.4 Å². The molecule has 1 aromatic carbocycles. The van der Waals surface area contributed by atoms with Crippen molar-refractivity contribution < 1.29 is 4.74 Å². The normalized spacial score (nSPS) is 11.4. The van der Waals surface area contributed by atoms with Gasteiger partial charge in [-0.1, -0.05) is 26.0 Å². The molecule has 3 aromatic rings. The van der Waals surface area contributed by atoms with E-state index in [1.807, 2.05) is 36.6 Å². The van der Waals surface area contributed by atoms with E-state index in [9.17, 15) is 4.79 Å². The Morgan fingerprint density at radius 1 is 1.19 bits per heavy atom. The Bertz CT molecular complexity index is 940. The maximum Gasteiger partial charge on any atom is 0.262 e. The van der Waals surface area contributed by atoms with Crippen LogP contribution in [0.2, 0.25) is 0 Å². The second-order valence-electron chi connectivity index (χ2n) is 6.20. The van der Waals surface area contributed by atoms with E-state index in [0.29, 0.717) is 11.9 Å². The number of rotatable bonds is 7. The number of aromatic nitrogens is 2.